The molecule has 1 fully saturated rings. The molecule has 0 spiro atoms. The van der Waals surface area contributed by atoms with Crippen LogP contribution in [-0.2, 0) is 15.0 Å². The maximum Gasteiger partial charge on any atom is 0.364 e. The van der Waals surface area contributed by atoms with E-state index in [1.165, 1.54) is 18.2 Å². The minimum Gasteiger partial charge on any atom is -0.384 e. The van der Waals surface area contributed by atoms with Gasteiger partial charge in [-0.1, -0.05) is 6.07 Å². The molecular weight excluding hydrogens is 461 g/mol. The van der Waals surface area contributed by atoms with Crippen LogP contribution in [-0.4, -0.2) is 49.2 Å². The van der Waals surface area contributed by atoms with Crippen LogP contribution in [0.5, 0.6) is 0 Å². The molecule has 3 heterocycles. The van der Waals surface area contributed by atoms with Gasteiger partial charge in [-0.25, -0.2) is 13.7 Å². The van der Waals surface area contributed by atoms with Crippen LogP contribution in [0.4, 0.5) is 27.3 Å². The summed E-state index contributed by atoms with van der Waals surface area (Å²) < 4.78 is 54.4. The number of rotatable bonds is 5. The topological polar surface area (TPSA) is 125 Å². The molecule has 34 heavy (non-hydrogen) atoms. The van der Waals surface area contributed by atoms with Gasteiger partial charge in [0.25, 0.3) is 0 Å². The van der Waals surface area contributed by atoms with Crippen molar-refractivity contribution < 1.29 is 22.1 Å². The second kappa shape index (κ2) is 8.60. The van der Waals surface area contributed by atoms with Gasteiger partial charge < -0.3 is 20.4 Å². The van der Waals surface area contributed by atoms with Crippen LogP contribution < -0.4 is 14.9 Å². The molecule has 0 radical (unpaired) electrons. The van der Waals surface area contributed by atoms with Crippen molar-refractivity contribution in [2.24, 2.45) is 0 Å². The van der Waals surface area contributed by atoms with Crippen molar-refractivity contribution in [3.8, 4) is 11.3 Å². The quantitative estimate of drug-likeness (QED) is 0.370. The summed E-state index contributed by atoms with van der Waals surface area (Å²) in [5.74, 6) is -0.124. The second-order valence-corrected chi connectivity index (χ2v) is 9.11. The lowest BCUT2D eigenvalue weighted by Gasteiger charge is -2.30. The number of aromatic nitrogens is 2. The van der Waals surface area contributed by atoms with E-state index >= 15 is 0 Å². The first kappa shape index (κ1) is 22.1. The molecule has 0 saturated carbocycles. The zero-order valence-corrected chi connectivity index (χ0v) is 18.8. The standard InChI is InChI=1S/C23H22FN5O4S/c24-16-2-4-17(5-3-16)29(34(30,31)32)20-7-8-26-23(20)15-1-6-19-18(13-15)21(14-22(25)27-19)28-9-11-33-12-10-28/h1-8,13-14,26H,9-12H2,(H2,25,27)(H,30,31,32). The Morgan fingerprint density at radius 1 is 1.09 bits per heavy atom. The first-order chi connectivity index (χ1) is 16.3. The molecule has 1 aliphatic rings. The van der Waals surface area contributed by atoms with Gasteiger partial charge in [0, 0.05) is 42.0 Å². The molecule has 0 unspecified atom stereocenters. The molecule has 2 aromatic heterocycles. The summed E-state index contributed by atoms with van der Waals surface area (Å²) in [7, 11) is -4.72. The molecule has 9 nitrogen and oxygen atoms in total. The summed E-state index contributed by atoms with van der Waals surface area (Å²) in [4.78, 5) is 9.67. The fraction of sp³-hybridized carbons (Fsp3) is 0.174. The van der Waals surface area contributed by atoms with E-state index in [4.69, 9.17) is 10.5 Å². The van der Waals surface area contributed by atoms with Gasteiger partial charge in [-0.15, -0.1) is 0 Å². The van der Waals surface area contributed by atoms with Gasteiger partial charge in [0.15, 0.2) is 0 Å². The maximum absolute atomic E-state index is 13.4. The highest BCUT2D eigenvalue weighted by Crippen LogP contribution is 2.38. The van der Waals surface area contributed by atoms with Crippen molar-refractivity contribution in [2.45, 2.75) is 0 Å². The van der Waals surface area contributed by atoms with Crippen molar-refractivity contribution in [1.29, 1.82) is 0 Å². The monoisotopic (exact) mass is 483 g/mol. The number of fused-ring (bicyclic) bond motifs is 1. The first-order valence-electron chi connectivity index (χ1n) is 10.6. The molecule has 0 amide bonds. The highest BCUT2D eigenvalue weighted by molar-refractivity contribution is 7.87. The molecule has 11 heteroatoms. The van der Waals surface area contributed by atoms with E-state index in [1.807, 2.05) is 18.2 Å². The molecule has 1 saturated heterocycles. The normalized spacial score (nSPS) is 14.5. The van der Waals surface area contributed by atoms with Crippen molar-refractivity contribution in [3.63, 3.8) is 0 Å². The lowest BCUT2D eigenvalue weighted by Crippen LogP contribution is -2.36. The third-order valence-electron chi connectivity index (χ3n) is 5.68. The van der Waals surface area contributed by atoms with Gasteiger partial charge in [-0.2, -0.15) is 8.42 Å². The number of H-pyrrole nitrogens is 1. The number of hydrogen-bond donors (Lipinski definition) is 3. The van der Waals surface area contributed by atoms with Crippen LogP contribution >= 0.6 is 0 Å². The van der Waals surface area contributed by atoms with Crippen LogP contribution in [0.2, 0.25) is 0 Å². The van der Waals surface area contributed by atoms with Gasteiger partial charge in [-0.05, 0) is 42.5 Å². The van der Waals surface area contributed by atoms with Crippen molar-refractivity contribution in [2.75, 3.05) is 41.2 Å². The van der Waals surface area contributed by atoms with E-state index < -0.39 is 16.1 Å². The van der Waals surface area contributed by atoms with Crippen LogP contribution in [0.1, 0.15) is 0 Å². The Morgan fingerprint density at radius 2 is 1.82 bits per heavy atom. The molecule has 4 N–H and O–H groups in total. The third kappa shape index (κ3) is 4.16. The summed E-state index contributed by atoms with van der Waals surface area (Å²) in [6.45, 7) is 2.62. The number of anilines is 4. The average molecular weight is 484 g/mol. The Morgan fingerprint density at radius 3 is 2.53 bits per heavy atom. The molecule has 1 aliphatic heterocycles. The minimum atomic E-state index is -4.72. The largest absolute Gasteiger partial charge is 0.384 e. The summed E-state index contributed by atoms with van der Waals surface area (Å²) >= 11 is 0. The van der Waals surface area contributed by atoms with Crippen molar-refractivity contribution in [3.05, 3.63) is 66.6 Å². The maximum atomic E-state index is 13.4. The fourth-order valence-electron chi connectivity index (χ4n) is 4.18. The average Bonchev–Trinajstić information content (AvgIpc) is 3.28. The number of nitrogens with two attached hydrogens (primary N) is 1. The number of pyridine rings is 1. The Hall–Kier alpha value is -3.67. The zero-order valence-electron chi connectivity index (χ0n) is 18.0. The van der Waals surface area contributed by atoms with Crippen LogP contribution in [0, 0.1) is 5.82 Å². The molecule has 5 rings (SSSR count). The van der Waals surface area contributed by atoms with Gasteiger partial charge >= 0.3 is 10.3 Å². The molecule has 4 aromatic rings. The highest BCUT2D eigenvalue weighted by atomic mass is 32.2. The molecule has 2 aromatic carbocycles. The van der Waals surface area contributed by atoms with Gasteiger partial charge in [0.05, 0.1) is 35.8 Å². The molecule has 176 valence electrons. The van der Waals surface area contributed by atoms with E-state index in [0.29, 0.717) is 48.9 Å². The lowest BCUT2D eigenvalue weighted by atomic mass is 10.1. The highest BCUT2D eigenvalue weighted by Gasteiger charge is 2.26. The second-order valence-electron chi connectivity index (χ2n) is 7.85. The summed E-state index contributed by atoms with van der Waals surface area (Å²) in [6.07, 6.45) is 1.57. The van der Waals surface area contributed by atoms with E-state index in [9.17, 15) is 17.4 Å². The van der Waals surface area contributed by atoms with Crippen molar-refractivity contribution in [1.82, 2.24) is 9.97 Å². The van der Waals surface area contributed by atoms with Crippen LogP contribution in [0.25, 0.3) is 22.2 Å². The Labute approximate surface area is 195 Å². The van der Waals surface area contributed by atoms with Gasteiger partial charge in [-0.3, -0.25) is 4.55 Å². The number of aromatic amines is 1. The number of nitrogen functional groups attached to an aromatic ring is 1. The summed E-state index contributed by atoms with van der Waals surface area (Å²) in [5, 5.41) is 0.842. The number of morpholine rings is 1. The van der Waals surface area contributed by atoms with E-state index in [0.717, 1.165) is 27.5 Å². The predicted molar refractivity (Wildman–Crippen MR) is 129 cm³/mol. The third-order valence-corrected chi connectivity index (χ3v) is 6.55. The van der Waals surface area contributed by atoms with E-state index in [-0.39, 0.29) is 11.4 Å². The first-order valence-corrected chi connectivity index (χ1v) is 11.9. The molecule has 0 bridgehead atoms. The Balaban J connectivity index is 1.65. The fourth-order valence-corrected chi connectivity index (χ4v) is 4.97. The number of nitrogens with zero attached hydrogens (tertiary/aromatic N) is 3. The van der Waals surface area contributed by atoms with Crippen LogP contribution in [0.3, 0.4) is 0 Å². The molecular formula is C23H22FN5O4S. The van der Waals surface area contributed by atoms with Crippen LogP contribution in [0.15, 0.2) is 60.8 Å². The van der Waals surface area contributed by atoms with Gasteiger partial charge in [0.2, 0.25) is 0 Å². The predicted octanol–water partition coefficient (Wildman–Crippen LogP) is 3.73. The minimum absolute atomic E-state index is 0.0917. The van der Waals surface area contributed by atoms with Crippen molar-refractivity contribution >= 4 is 44.1 Å². The summed E-state index contributed by atoms with van der Waals surface area (Å²) in [6, 6.07) is 13.7. The van der Waals surface area contributed by atoms with E-state index in [1.54, 1.807) is 12.3 Å². The number of benzene rings is 2. The number of nitrogens with one attached hydrogen (secondary N) is 1. The Kier molecular flexibility index (Phi) is 5.60. The molecule has 0 atom stereocenters. The molecule has 0 aliphatic carbocycles. The Bertz CT molecular complexity index is 1450. The zero-order chi connectivity index (χ0) is 23.9. The van der Waals surface area contributed by atoms with Gasteiger partial charge in [0.1, 0.15) is 11.6 Å². The smallest absolute Gasteiger partial charge is 0.364 e. The SMILES string of the molecule is Nc1cc(N2CCOCC2)c2cc(-c3[nH]ccc3N(c3ccc(F)cc3)S(=O)(=O)O)ccc2n1. The number of hydrogen-bond acceptors (Lipinski definition) is 6. The lowest BCUT2D eigenvalue weighted by molar-refractivity contribution is 0.123. The number of halogens is 1. The number of ether oxygens (including phenoxy) is 1. The summed E-state index contributed by atoms with van der Waals surface area (Å²) in [5.41, 5.74) is 9.05. The van der Waals surface area contributed by atoms with E-state index in [2.05, 4.69) is 14.9 Å².